The first-order chi connectivity index (χ1) is 11.1. The zero-order chi connectivity index (χ0) is 16.2. The molecule has 2 aromatic rings. The van der Waals surface area contributed by atoms with Crippen LogP contribution in [0.15, 0.2) is 29.0 Å². The second-order valence-corrected chi connectivity index (χ2v) is 5.70. The molecule has 124 valence electrons. The number of anilines is 1. The molecule has 0 unspecified atom stereocenters. The van der Waals surface area contributed by atoms with Crippen LogP contribution in [0.25, 0.3) is 0 Å². The molecule has 3 rings (SSSR count). The molecule has 1 aliphatic rings. The zero-order valence-corrected chi connectivity index (χ0v) is 13.3. The quantitative estimate of drug-likeness (QED) is 0.881. The van der Waals surface area contributed by atoms with Crippen molar-refractivity contribution in [3.05, 3.63) is 30.3 Å². The fourth-order valence-corrected chi connectivity index (χ4v) is 2.64. The summed E-state index contributed by atoms with van der Waals surface area (Å²) in [6.45, 7) is 6.37. The molecule has 0 saturated carbocycles. The minimum Gasteiger partial charge on any atom is -0.374 e. The van der Waals surface area contributed by atoms with E-state index in [9.17, 15) is 4.79 Å². The Morgan fingerprint density at radius 1 is 1.57 bits per heavy atom. The Balaban J connectivity index is 1.55. The SMILES string of the molecule is Cc1cc(NC(=O)[C@H](C)N2CCO[C@@H](Cn3cccn3)C2)no1. The van der Waals surface area contributed by atoms with Crippen LogP contribution in [0.1, 0.15) is 12.7 Å². The van der Waals surface area contributed by atoms with Crippen LogP contribution < -0.4 is 5.32 Å². The van der Waals surface area contributed by atoms with Crippen molar-refractivity contribution in [2.75, 3.05) is 25.0 Å². The van der Waals surface area contributed by atoms with Crippen molar-refractivity contribution < 1.29 is 14.1 Å². The number of rotatable bonds is 5. The van der Waals surface area contributed by atoms with Crippen molar-refractivity contribution in [3.63, 3.8) is 0 Å². The van der Waals surface area contributed by atoms with Crippen molar-refractivity contribution in [3.8, 4) is 0 Å². The van der Waals surface area contributed by atoms with Crippen LogP contribution in [0.2, 0.25) is 0 Å². The van der Waals surface area contributed by atoms with E-state index in [-0.39, 0.29) is 18.1 Å². The first-order valence-corrected chi connectivity index (χ1v) is 7.69. The summed E-state index contributed by atoms with van der Waals surface area (Å²) in [5, 5.41) is 10.8. The zero-order valence-electron chi connectivity index (χ0n) is 13.3. The summed E-state index contributed by atoms with van der Waals surface area (Å²) in [4.78, 5) is 14.5. The maximum Gasteiger partial charge on any atom is 0.242 e. The molecule has 0 bridgehead atoms. The van der Waals surface area contributed by atoms with Gasteiger partial charge in [-0.05, 0) is 19.9 Å². The summed E-state index contributed by atoms with van der Waals surface area (Å²) < 4.78 is 12.6. The number of hydrogen-bond acceptors (Lipinski definition) is 6. The van der Waals surface area contributed by atoms with Gasteiger partial charge in [-0.1, -0.05) is 5.16 Å². The largest absolute Gasteiger partial charge is 0.374 e. The van der Waals surface area contributed by atoms with Crippen molar-refractivity contribution in [2.45, 2.75) is 32.5 Å². The third-order valence-electron chi connectivity index (χ3n) is 3.93. The van der Waals surface area contributed by atoms with E-state index in [0.717, 1.165) is 6.54 Å². The topological polar surface area (TPSA) is 85.4 Å². The molecule has 1 aliphatic heterocycles. The van der Waals surface area contributed by atoms with Crippen LogP contribution in [0, 0.1) is 6.92 Å². The van der Waals surface area contributed by atoms with Gasteiger partial charge in [-0.25, -0.2) is 0 Å². The van der Waals surface area contributed by atoms with Crippen molar-refractivity contribution in [1.29, 1.82) is 0 Å². The van der Waals surface area contributed by atoms with Gasteiger partial charge in [-0.3, -0.25) is 14.4 Å². The number of nitrogens with one attached hydrogen (secondary N) is 1. The molecule has 0 spiro atoms. The summed E-state index contributed by atoms with van der Waals surface area (Å²) >= 11 is 0. The molecule has 2 atom stereocenters. The number of amides is 1. The lowest BCUT2D eigenvalue weighted by Crippen LogP contribution is -2.51. The minimum atomic E-state index is -0.268. The lowest BCUT2D eigenvalue weighted by molar-refractivity contribution is -0.124. The first kappa shape index (κ1) is 15.7. The third kappa shape index (κ3) is 3.96. The van der Waals surface area contributed by atoms with E-state index in [2.05, 4.69) is 20.5 Å². The predicted molar refractivity (Wildman–Crippen MR) is 82.9 cm³/mol. The van der Waals surface area contributed by atoms with E-state index in [1.54, 1.807) is 19.2 Å². The Morgan fingerprint density at radius 3 is 3.13 bits per heavy atom. The highest BCUT2D eigenvalue weighted by atomic mass is 16.5. The minimum absolute atomic E-state index is 0.0215. The van der Waals surface area contributed by atoms with Gasteiger partial charge in [0.05, 0.1) is 25.3 Å². The van der Waals surface area contributed by atoms with E-state index in [1.807, 2.05) is 23.9 Å². The highest BCUT2D eigenvalue weighted by molar-refractivity contribution is 5.93. The number of carbonyl (C=O) groups is 1. The molecule has 23 heavy (non-hydrogen) atoms. The van der Waals surface area contributed by atoms with Crippen LogP contribution in [0.3, 0.4) is 0 Å². The lowest BCUT2D eigenvalue weighted by Gasteiger charge is -2.35. The number of ether oxygens (including phenoxy) is 1. The highest BCUT2D eigenvalue weighted by Gasteiger charge is 2.28. The van der Waals surface area contributed by atoms with E-state index < -0.39 is 0 Å². The Kier molecular flexibility index (Phi) is 4.73. The fourth-order valence-electron chi connectivity index (χ4n) is 2.64. The molecule has 0 radical (unpaired) electrons. The monoisotopic (exact) mass is 319 g/mol. The van der Waals surface area contributed by atoms with Crippen LogP contribution in [-0.2, 0) is 16.1 Å². The molecule has 1 amide bonds. The summed E-state index contributed by atoms with van der Waals surface area (Å²) in [7, 11) is 0. The number of carbonyl (C=O) groups excluding carboxylic acids is 1. The molecule has 0 aliphatic carbocycles. The molecular weight excluding hydrogens is 298 g/mol. The number of aryl methyl sites for hydroxylation is 1. The Morgan fingerprint density at radius 2 is 2.43 bits per heavy atom. The van der Waals surface area contributed by atoms with Crippen molar-refractivity contribution in [1.82, 2.24) is 19.8 Å². The van der Waals surface area contributed by atoms with Crippen LogP contribution >= 0.6 is 0 Å². The van der Waals surface area contributed by atoms with Crippen molar-refractivity contribution >= 4 is 11.7 Å². The lowest BCUT2D eigenvalue weighted by atomic mass is 10.2. The average molecular weight is 319 g/mol. The van der Waals surface area contributed by atoms with Crippen LogP contribution in [0.4, 0.5) is 5.82 Å². The van der Waals surface area contributed by atoms with Gasteiger partial charge in [-0.15, -0.1) is 0 Å². The number of morpholine rings is 1. The van der Waals surface area contributed by atoms with Gasteiger partial charge in [0.2, 0.25) is 5.91 Å². The van der Waals surface area contributed by atoms with Crippen LogP contribution in [0.5, 0.6) is 0 Å². The summed E-state index contributed by atoms with van der Waals surface area (Å²) in [6, 6.07) is 3.32. The molecule has 0 aromatic carbocycles. The van der Waals surface area contributed by atoms with Gasteiger partial charge >= 0.3 is 0 Å². The molecule has 1 fully saturated rings. The summed E-state index contributed by atoms with van der Waals surface area (Å²) in [5.41, 5.74) is 0. The molecule has 1 saturated heterocycles. The van der Waals surface area contributed by atoms with Crippen molar-refractivity contribution in [2.24, 2.45) is 0 Å². The molecular formula is C15H21N5O3. The second kappa shape index (κ2) is 6.93. The van der Waals surface area contributed by atoms with E-state index in [4.69, 9.17) is 9.26 Å². The molecule has 1 N–H and O–H groups in total. The summed E-state index contributed by atoms with van der Waals surface area (Å²) in [5.74, 6) is 1.01. The highest BCUT2D eigenvalue weighted by Crippen LogP contribution is 2.13. The van der Waals surface area contributed by atoms with E-state index >= 15 is 0 Å². The maximum atomic E-state index is 12.4. The molecule has 8 heteroatoms. The van der Waals surface area contributed by atoms with E-state index in [0.29, 0.717) is 31.3 Å². The van der Waals surface area contributed by atoms with E-state index in [1.165, 1.54) is 0 Å². The van der Waals surface area contributed by atoms with Gasteiger partial charge in [0, 0.05) is 31.5 Å². The maximum absolute atomic E-state index is 12.4. The van der Waals surface area contributed by atoms with Gasteiger partial charge in [0.15, 0.2) is 5.82 Å². The number of hydrogen-bond donors (Lipinski definition) is 1. The van der Waals surface area contributed by atoms with Gasteiger partial charge < -0.3 is 14.6 Å². The van der Waals surface area contributed by atoms with Gasteiger partial charge in [0.25, 0.3) is 0 Å². The van der Waals surface area contributed by atoms with Gasteiger partial charge in [-0.2, -0.15) is 5.10 Å². The first-order valence-electron chi connectivity index (χ1n) is 7.69. The number of aromatic nitrogens is 3. The molecule has 3 heterocycles. The fraction of sp³-hybridized carbons (Fsp3) is 0.533. The molecule has 2 aromatic heterocycles. The van der Waals surface area contributed by atoms with Gasteiger partial charge in [0.1, 0.15) is 5.76 Å². The summed E-state index contributed by atoms with van der Waals surface area (Å²) in [6.07, 6.45) is 3.68. The Hall–Kier alpha value is -2.19. The standard InChI is InChI=1S/C15H21N5O3/c1-11-8-14(18-23-11)17-15(21)12(2)19-6-7-22-13(9-19)10-20-5-3-4-16-20/h3-5,8,12-13H,6-7,9-10H2,1-2H3,(H,17,18,21)/t12-,13+/m0/s1. The average Bonchev–Trinajstić information content (AvgIpc) is 3.18. The predicted octanol–water partition coefficient (Wildman–Crippen LogP) is 0.908. The molecule has 8 nitrogen and oxygen atoms in total. The smallest absolute Gasteiger partial charge is 0.242 e. The van der Waals surface area contributed by atoms with Crippen LogP contribution in [-0.4, -0.2) is 57.6 Å². The number of nitrogens with zero attached hydrogens (tertiary/aromatic N) is 4. The Labute approximate surface area is 134 Å². The normalized spacial score (nSPS) is 20.3. The Bertz CT molecular complexity index is 639. The third-order valence-corrected chi connectivity index (χ3v) is 3.93. The second-order valence-electron chi connectivity index (χ2n) is 5.70.